The van der Waals surface area contributed by atoms with Gasteiger partial charge in [0, 0.05) is 35.7 Å². The first-order chi connectivity index (χ1) is 24.4. The summed E-state index contributed by atoms with van der Waals surface area (Å²) in [4.78, 5) is 8.86. The number of anilines is 1. The minimum atomic E-state index is -4.77. The zero-order valence-corrected chi connectivity index (χ0v) is 28.2. The summed E-state index contributed by atoms with van der Waals surface area (Å²) in [5, 5.41) is 0. The van der Waals surface area contributed by atoms with Crippen LogP contribution >= 0.6 is 0 Å². The largest absolute Gasteiger partial charge is 0.497 e. The second kappa shape index (κ2) is 14.2. The molecule has 1 aliphatic rings. The van der Waals surface area contributed by atoms with Crippen molar-refractivity contribution >= 4 is 11.7 Å². The lowest BCUT2D eigenvalue weighted by Crippen LogP contribution is -2.46. The monoisotopic (exact) mass is 693 g/mol. The van der Waals surface area contributed by atoms with Gasteiger partial charge < -0.3 is 19.9 Å². The lowest BCUT2D eigenvalue weighted by molar-refractivity contribution is -0.208. The Labute approximate surface area is 293 Å². The molecule has 0 unspecified atom stereocenters. The van der Waals surface area contributed by atoms with E-state index in [1.807, 2.05) is 54.6 Å². The lowest BCUT2D eigenvalue weighted by atomic mass is 9.67. The third-order valence-electron chi connectivity index (χ3n) is 9.13. The van der Waals surface area contributed by atoms with E-state index < -0.39 is 35.5 Å². The maximum atomic E-state index is 15.7. The number of nitrogens with zero attached hydrogens (tertiary/aromatic N) is 2. The molecule has 1 aromatic heterocycles. The summed E-state index contributed by atoms with van der Waals surface area (Å²) < 4.78 is 76.5. The van der Waals surface area contributed by atoms with Crippen molar-refractivity contribution in [2.45, 2.75) is 43.0 Å². The van der Waals surface area contributed by atoms with E-state index in [-0.39, 0.29) is 17.9 Å². The van der Waals surface area contributed by atoms with Crippen LogP contribution in [0.4, 0.5) is 23.4 Å². The number of rotatable bonds is 8. The van der Waals surface area contributed by atoms with Gasteiger partial charge in [-0.2, -0.15) is 13.2 Å². The first kappa shape index (κ1) is 35.0. The fourth-order valence-electron chi connectivity index (χ4n) is 6.49. The number of alkyl halides is 3. The fourth-order valence-corrected chi connectivity index (χ4v) is 6.49. The number of halogens is 4. The van der Waals surface area contributed by atoms with Gasteiger partial charge in [-0.05, 0) is 78.2 Å². The molecule has 260 valence electrons. The van der Waals surface area contributed by atoms with Gasteiger partial charge >= 0.3 is 6.18 Å². The predicted octanol–water partition coefficient (Wildman–Crippen LogP) is 8.61. The van der Waals surface area contributed by atoms with Crippen molar-refractivity contribution in [3.05, 3.63) is 155 Å². The third kappa shape index (κ3) is 7.38. The molecule has 2 N–H and O–H groups in total. The minimum Gasteiger partial charge on any atom is -0.497 e. The van der Waals surface area contributed by atoms with Gasteiger partial charge in [0.1, 0.15) is 23.1 Å². The van der Waals surface area contributed by atoms with Gasteiger partial charge in [-0.3, -0.25) is 0 Å². The molecule has 5 aromatic rings. The Morgan fingerprint density at radius 3 is 1.92 bits per heavy atom. The second-order valence-electron chi connectivity index (χ2n) is 12.5. The predicted molar refractivity (Wildman–Crippen MR) is 188 cm³/mol. The van der Waals surface area contributed by atoms with Gasteiger partial charge in [-0.1, -0.05) is 66.4 Å². The second-order valence-corrected chi connectivity index (χ2v) is 12.5. The Morgan fingerprint density at radius 1 is 0.804 bits per heavy atom. The van der Waals surface area contributed by atoms with Crippen LogP contribution in [-0.4, -0.2) is 37.4 Å². The zero-order valence-electron chi connectivity index (χ0n) is 28.2. The molecule has 2 heterocycles. The number of methoxy groups -OCH3 is 2. The van der Waals surface area contributed by atoms with Crippen LogP contribution < -0.4 is 15.2 Å². The Morgan fingerprint density at radius 2 is 1.37 bits per heavy atom. The molecular weight excluding hydrogens is 658 g/mol. The van der Waals surface area contributed by atoms with E-state index >= 15 is 4.39 Å². The summed E-state index contributed by atoms with van der Waals surface area (Å²) in [5.74, 6) is 6.57. The lowest BCUT2D eigenvalue weighted by Gasteiger charge is -2.41. The minimum absolute atomic E-state index is 0.0287. The van der Waals surface area contributed by atoms with Gasteiger partial charge in [0.05, 0.1) is 25.2 Å². The summed E-state index contributed by atoms with van der Waals surface area (Å²) in [6, 6.07) is 31.5. The standard InChI is InChI=1S/C41H35F4N3O3/c1-39(34-23-27(11-21-35(34)42)9-10-28-12-22-37(46)47-26-28)24-36(41(43,44)45)51-38(48-39)25-40(29-7-5-4-6-8-29,30-13-17-32(49-2)18-14-30)31-15-19-33(50-3)20-16-31/h4-8,11-23,26,36H,24-25H2,1-3H3,(H2,46,47)/t36-,39-/m0/s1. The van der Waals surface area contributed by atoms with Crippen molar-refractivity contribution in [2.24, 2.45) is 4.99 Å². The van der Waals surface area contributed by atoms with E-state index in [2.05, 4.69) is 16.8 Å². The molecule has 6 rings (SSSR count). The van der Waals surface area contributed by atoms with E-state index in [1.165, 1.54) is 31.3 Å². The third-order valence-corrected chi connectivity index (χ3v) is 9.13. The molecule has 0 radical (unpaired) electrons. The van der Waals surface area contributed by atoms with Gasteiger partial charge in [0.25, 0.3) is 0 Å². The summed E-state index contributed by atoms with van der Waals surface area (Å²) in [6.45, 7) is 1.50. The molecule has 0 saturated heterocycles. The van der Waals surface area contributed by atoms with E-state index in [0.717, 1.165) is 16.7 Å². The number of hydrogen-bond acceptors (Lipinski definition) is 6. The number of aromatic nitrogens is 1. The summed E-state index contributed by atoms with van der Waals surface area (Å²) in [7, 11) is 3.11. The number of hydrogen-bond donors (Lipinski definition) is 1. The fraction of sp³-hybridized carbons (Fsp3) is 0.220. The number of aliphatic imine (C=N–C) groups is 1. The van der Waals surface area contributed by atoms with Crippen LogP contribution in [0.15, 0.2) is 120 Å². The van der Waals surface area contributed by atoms with Crippen molar-refractivity contribution in [1.82, 2.24) is 4.98 Å². The highest BCUT2D eigenvalue weighted by atomic mass is 19.4. The van der Waals surface area contributed by atoms with Crippen molar-refractivity contribution < 1.29 is 31.8 Å². The zero-order chi connectivity index (χ0) is 36.2. The summed E-state index contributed by atoms with van der Waals surface area (Å²) in [6.07, 6.45) is -6.29. The Hall–Kier alpha value is -5.82. The van der Waals surface area contributed by atoms with Crippen LogP contribution in [0.3, 0.4) is 0 Å². The normalized spacial score (nSPS) is 17.4. The highest BCUT2D eigenvalue weighted by Crippen LogP contribution is 2.47. The Bertz CT molecular complexity index is 2030. The van der Waals surface area contributed by atoms with Crippen LogP contribution in [0.1, 0.15) is 53.1 Å². The van der Waals surface area contributed by atoms with Crippen LogP contribution in [0, 0.1) is 17.7 Å². The average Bonchev–Trinajstić information content (AvgIpc) is 3.14. The number of ether oxygens (including phenoxy) is 3. The molecule has 0 amide bonds. The molecule has 51 heavy (non-hydrogen) atoms. The highest BCUT2D eigenvalue weighted by Gasteiger charge is 2.51. The maximum absolute atomic E-state index is 15.7. The van der Waals surface area contributed by atoms with Crippen molar-refractivity contribution in [1.29, 1.82) is 0 Å². The van der Waals surface area contributed by atoms with E-state index in [1.54, 1.807) is 50.6 Å². The first-order valence-electron chi connectivity index (χ1n) is 16.1. The molecule has 0 fully saturated rings. The van der Waals surface area contributed by atoms with Crippen molar-refractivity contribution in [3.63, 3.8) is 0 Å². The van der Waals surface area contributed by atoms with E-state index in [4.69, 9.17) is 24.9 Å². The Kier molecular flexibility index (Phi) is 9.75. The SMILES string of the molecule is COc1ccc(C(CC2=N[C@](C)(c3cc(C#Cc4ccc(N)nc4)ccc3F)C[C@@H](C(F)(F)F)O2)(c2ccccc2)c2ccc(OC)cc2)cc1. The van der Waals surface area contributed by atoms with Crippen molar-refractivity contribution in [2.75, 3.05) is 20.0 Å². The Balaban J connectivity index is 1.53. The van der Waals surface area contributed by atoms with Gasteiger partial charge in [-0.25, -0.2) is 14.4 Å². The molecule has 0 saturated carbocycles. The van der Waals surface area contributed by atoms with Crippen LogP contribution in [-0.2, 0) is 15.7 Å². The van der Waals surface area contributed by atoms with Gasteiger partial charge in [0.2, 0.25) is 0 Å². The molecule has 0 bridgehead atoms. The number of pyridine rings is 1. The van der Waals surface area contributed by atoms with Crippen LogP contribution in [0.2, 0.25) is 0 Å². The van der Waals surface area contributed by atoms with E-state index in [0.29, 0.717) is 28.4 Å². The molecule has 1 aliphatic heterocycles. The maximum Gasteiger partial charge on any atom is 0.425 e. The van der Waals surface area contributed by atoms with Gasteiger partial charge in [-0.15, -0.1) is 0 Å². The van der Waals surface area contributed by atoms with Crippen LogP contribution in [0.25, 0.3) is 0 Å². The van der Waals surface area contributed by atoms with Crippen LogP contribution in [0.5, 0.6) is 11.5 Å². The molecule has 4 aromatic carbocycles. The van der Waals surface area contributed by atoms with Crippen molar-refractivity contribution in [3.8, 4) is 23.3 Å². The molecular formula is C41H35F4N3O3. The van der Waals surface area contributed by atoms with Gasteiger partial charge in [0.15, 0.2) is 12.0 Å². The molecule has 6 nitrogen and oxygen atoms in total. The summed E-state index contributed by atoms with van der Waals surface area (Å²) >= 11 is 0. The number of nitrogens with two attached hydrogens (primary N) is 1. The number of nitrogen functional groups attached to an aromatic ring is 1. The quantitative estimate of drug-likeness (QED) is 0.100. The topological polar surface area (TPSA) is 79.0 Å². The molecule has 0 aliphatic carbocycles. The summed E-state index contributed by atoms with van der Waals surface area (Å²) in [5.41, 5.74) is 6.12. The smallest absolute Gasteiger partial charge is 0.425 e. The van der Waals surface area contributed by atoms with E-state index in [9.17, 15) is 13.2 Å². The first-order valence-corrected chi connectivity index (χ1v) is 16.1. The molecule has 10 heteroatoms. The molecule has 0 spiro atoms. The highest BCUT2D eigenvalue weighted by molar-refractivity contribution is 5.82. The number of benzene rings is 4. The average molecular weight is 694 g/mol. The molecule has 2 atom stereocenters.